The van der Waals surface area contributed by atoms with Gasteiger partial charge in [0.25, 0.3) is 0 Å². The van der Waals surface area contributed by atoms with Crippen molar-refractivity contribution in [3.8, 4) is 0 Å². The van der Waals surface area contributed by atoms with Gasteiger partial charge in [0.1, 0.15) is 6.04 Å². The molecule has 0 unspecified atom stereocenters. The molecule has 2 aliphatic rings. The molecule has 3 aromatic rings. The third kappa shape index (κ3) is 4.41. The molecule has 182 valence electrons. The first-order valence-electron chi connectivity index (χ1n) is 12.3. The number of carbonyl (C=O) groups is 3. The topological polar surface area (TPSA) is 106 Å². The van der Waals surface area contributed by atoms with Crippen molar-refractivity contribution in [1.29, 1.82) is 0 Å². The first kappa shape index (κ1) is 23.1. The highest BCUT2D eigenvalue weighted by atomic mass is 16.5. The molecular formula is C27H30N4O4. The van der Waals surface area contributed by atoms with E-state index in [1.807, 2.05) is 48.5 Å². The minimum atomic E-state index is -0.526. The maximum atomic E-state index is 13.6. The monoisotopic (exact) mass is 474 g/mol. The fourth-order valence-corrected chi connectivity index (χ4v) is 5.49. The molecule has 1 aromatic heterocycles. The zero-order valence-electron chi connectivity index (χ0n) is 19.6. The molecule has 3 heterocycles. The second-order valence-electron chi connectivity index (χ2n) is 9.36. The minimum Gasteiger partial charge on any atom is -0.356 e. The van der Waals surface area contributed by atoms with Gasteiger partial charge in [-0.2, -0.15) is 0 Å². The quantitative estimate of drug-likeness (QED) is 0.265. The molecule has 8 nitrogen and oxygen atoms in total. The average molecular weight is 475 g/mol. The Morgan fingerprint density at radius 3 is 2.54 bits per heavy atom. The van der Waals surface area contributed by atoms with Crippen molar-refractivity contribution in [1.82, 2.24) is 20.3 Å². The first-order valence-corrected chi connectivity index (χ1v) is 12.3. The molecule has 1 fully saturated rings. The number of carbonyl (C=O) groups excluding carboxylic acids is 3. The largest absolute Gasteiger partial charge is 0.356 e. The van der Waals surface area contributed by atoms with E-state index in [1.165, 1.54) is 0 Å². The molecular weight excluding hydrogens is 444 g/mol. The molecule has 8 heteroatoms. The van der Waals surface area contributed by atoms with Crippen LogP contribution in [0.15, 0.2) is 54.6 Å². The molecule has 1 saturated heterocycles. The summed E-state index contributed by atoms with van der Waals surface area (Å²) in [7, 11) is 0. The summed E-state index contributed by atoms with van der Waals surface area (Å²) in [6.07, 6.45) is 3.91. The van der Waals surface area contributed by atoms with Crippen LogP contribution in [0.2, 0.25) is 0 Å². The van der Waals surface area contributed by atoms with Gasteiger partial charge in [-0.3, -0.25) is 19.6 Å². The van der Waals surface area contributed by atoms with Crippen LogP contribution in [0.4, 0.5) is 0 Å². The Balaban J connectivity index is 1.37. The molecule has 2 atom stereocenters. The van der Waals surface area contributed by atoms with Crippen LogP contribution in [0.25, 0.3) is 10.9 Å². The van der Waals surface area contributed by atoms with Crippen molar-refractivity contribution in [2.45, 2.75) is 50.6 Å². The zero-order valence-corrected chi connectivity index (χ0v) is 19.6. The number of hydroxylamine groups is 1. The first-order chi connectivity index (χ1) is 17.1. The van der Waals surface area contributed by atoms with Crippen LogP contribution >= 0.6 is 0 Å². The van der Waals surface area contributed by atoms with E-state index in [4.69, 9.17) is 5.21 Å². The number of unbranched alkanes of at least 4 members (excludes halogenated alkanes) is 3. The Morgan fingerprint density at radius 2 is 1.74 bits per heavy atom. The van der Waals surface area contributed by atoms with Crippen LogP contribution in [0, 0.1) is 0 Å². The molecule has 3 N–H and O–H groups in total. The highest BCUT2D eigenvalue weighted by Crippen LogP contribution is 2.42. The maximum absolute atomic E-state index is 13.6. The molecule has 0 radical (unpaired) electrons. The Morgan fingerprint density at radius 1 is 1.00 bits per heavy atom. The van der Waals surface area contributed by atoms with Gasteiger partial charge in [0, 0.05) is 36.0 Å². The Kier molecular flexibility index (Phi) is 6.55. The summed E-state index contributed by atoms with van der Waals surface area (Å²) < 4.78 is 0. The minimum absolute atomic E-state index is 0.00104. The van der Waals surface area contributed by atoms with E-state index >= 15 is 0 Å². The zero-order chi connectivity index (χ0) is 24.4. The number of nitrogens with zero attached hydrogens (tertiary/aromatic N) is 2. The molecule has 0 saturated carbocycles. The van der Waals surface area contributed by atoms with Crippen molar-refractivity contribution >= 4 is 28.6 Å². The molecule has 0 aliphatic carbocycles. The van der Waals surface area contributed by atoms with Crippen molar-refractivity contribution < 1.29 is 19.6 Å². The Labute approximate surface area is 203 Å². The molecule has 5 rings (SSSR count). The lowest BCUT2D eigenvalue weighted by molar-refractivity contribution is -0.158. The van der Waals surface area contributed by atoms with Gasteiger partial charge in [-0.05, 0) is 30.0 Å². The van der Waals surface area contributed by atoms with Crippen molar-refractivity contribution in [3.05, 3.63) is 71.4 Å². The maximum Gasteiger partial charge on any atom is 0.246 e. The summed E-state index contributed by atoms with van der Waals surface area (Å²) in [6.45, 7) is 0.610. The van der Waals surface area contributed by atoms with Gasteiger partial charge in [-0.1, -0.05) is 61.4 Å². The number of hydrogen-bond acceptors (Lipinski definition) is 4. The fourth-order valence-electron chi connectivity index (χ4n) is 5.49. The predicted octanol–water partition coefficient (Wildman–Crippen LogP) is 3.31. The summed E-state index contributed by atoms with van der Waals surface area (Å²) in [5.41, 5.74) is 5.76. The van der Waals surface area contributed by atoms with Crippen LogP contribution in [-0.2, 0) is 20.8 Å². The smallest absolute Gasteiger partial charge is 0.246 e. The van der Waals surface area contributed by atoms with Gasteiger partial charge in [0.05, 0.1) is 12.6 Å². The van der Waals surface area contributed by atoms with Gasteiger partial charge in [0.2, 0.25) is 17.7 Å². The van der Waals surface area contributed by atoms with Crippen LogP contribution in [0.5, 0.6) is 0 Å². The number of nitrogens with one attached hydrogen (secondary N) is 2. The van der Waals surface area contributed by atoms with E-state index < -0.39 is 6.04 Å². The number of benzene rings is 2. The summed E-state index contributed by atoms with van der Waals surface area (Å²) in [5, 5.41) is 9.68. The summed E-state index contributed by atoms with van der Waals surface area (Å²) in [5.74, 6) is -0.419. The number of hydrogen-bond donors (Lipinski definition) is 3. The van der Waals surface area contributed by atoms with Crippen molar-refractivity contribution in [3.63, 3.8) is 0 Å². The van der Waals surface area contributed by atoms with Gasteiger partial charge in [-0.15, -0.1) is 0 Å². The van der Waals surface area contributed by atoms with E-state index in [0.717, 1.165) is 47.0 Å². The average Bonchev–Trinajstić information content (AvgIpc) is 3.26. The molecule has 0 spiro atoms. The second-order valence-corrected chi connectivity index (χ2v) is 9.36. The normalized spacial score (nSPS) is 19.6. The lowest BCUT2D eigenvalue weighted by Gasteiger charge is -2.47. The van der Waals surface area contributed by atoms with Crippen LogP contribution in [0.3, 0.4) is 0 Å². The molecule has 0 bridgehead atoms. The van der Waals surface area contributed by atoms with E-state index in [1.54, 1.807) is 15.3 Å². The van der Waals surface area contributed by atoms with E-state index in [9.17, 15) is 14.4 Å². The third-order valence-electron chi connectivity index (χ3n) is 7.16. The number of fused-ring (bicyclic) bond motifs is 4. The standard InChI is InChI=1S/C27H30N4O4/c32-23(29-35)14-6-1-2-9-15-30-17-24(33)31-22(27(30)34)16-20-19-12-7-8-13-21(19)28-25(20)26(31)18-10-4-3-5-11-18/h3-5,7-8,10-13,22,26,28,35H,1-2,6,9,14-17H2,(H,29,32)/t22-,26-/m0/s1. The number of H-pyrrole nitrogens is 1. The predicted molar refractivity (Wildman–Crippen MR) is 131 cm³/mol. The lowest BCUT2D eigenvalue weighted by atomic mass is 9.86. The highest BCUT2D eigenvalue weighted by molar-refractivity contribution is 5.97. The third-order valence-corrected chi connectivity index (χ3v) is 7.16. The lowest BCUT2D eigenvalue weighted by Crippen LogP contribution is -2.63. The SMILES string of the molecule is O=C(CCCCCCN1CC(=O)N2[C@@H](c3ccccc3)c3[nH]c4ccccc4c3C[C@H]2C1=O)NO. The molecule has 2 aromatic carbocycles. The number of aromatic nitrogens is 1. The molecule has 2 aliphatic heterocycles. The number of amides is 3. The van der Waals surface area contributed by atoms with Gasteiger partial charge >= 0.3 is 0 Å². The summed E-state index contributed by atoms with van der Waals surface area (Å²) in [6, 6.07) is 17.2. The molecule has 35 heavy (non-hydrogen) atoms. The Bertz CT molecular complexity index is 1240. The second kappa shape index (κ2) is 9.92. The van der Waals surface area contributed by atoms with E-state index in [2.05, 4.69) is 11.1 Å². The summed E-state index contributed by atoms with van der Waals surface area (Å²) in [4.78, 5) is 45.3. The van der Waals surface area contributed by atoms with Crippen LogP contribution in [-0.4, -0.2) is 56.8 Å². The number of aromatic amines is 1. The van der Waals surface area contributed by atoms with Gasteiger partial charge < -0.3 is 14.8 Å². The van der Waals surface area contributed by atoms with E-state index in [0.29, 0.717) is 19.4 Å². The van der Waals surface area contributed by atoms with Crippen molar-refractivity contribution in [2.75, 3.05) is 13.1 Å². The van der Waals surface area contributed by atoms with Crippen LogP contribution in [0.1, 0.15) is 55.0 Å². The van der Waals surface area contributed by atoms with E-state index in [-0.39, 0.29) is 36.7 Å². The van der Waals surface area contributed by atoms with Crippen LogP contribution < -0.4 is 5.48 Å². The molecule has 3 amide bonds. The van der Waals surface area contributed by atoms with Gasteiger partial charge in [0.15, 0.2) is 0 Å². The van der Waals surface area contributed by atoms with Crippen molar-refractivity contribution in [2.24, 2.45) is 0 Å². The van der Waals surface area contributed by atoms with Gasteiger partial charge in [-0.25, -0.2) is 5.48 Å². The number of para-hydroxylation sites is 1. The fraction of sp³-hybridized carbons (Fsp3) is 0.370. The number of rotatable bonds is 8. The number of piperazine rings is 1. The highest BCUT2D eigenvalue weighted by Gasteiger charge is 2.47. The Hall–Kier alpha value is -3.65. The summed E-state index contributed by atoms with van der Waals surface area (Å²) >= 11 is 0.